The Kier molecular flexibility index (Phi) is 5.19. The third-order valence-corrected chi connectivity index (χ3v) is 3.35. The molecule has 1 atom stereocenters. The Morgan fingerprint density at radius 3 is 2.70 bits per heavy atom. The highest BCUT2D eigenvalue weighted by molar-refractivity contribution is 5.86. The average Bonchev–Trinajstić information content (AvgIpc) is 2.49. The fraction of sp³-hybridized carbons (Fsp3) is 0.500. The largest absolute Gasteiger partial charge is 0.417 e. The molecule has 9 heteroatoms. The minimum atomic E-state index is -4.51. The van der Waals surface area contributed by atoms with E-state index in [1.807, 2.05) is 6.92 Å². The minimum Gasteiger partial charge on any atom is -0.394 e. The van der Waals surface area contributed by atoms with E-state index < -0.39 is 11.7 Å². The molecule has 2 heterocycles. The first-order valence-corrected chi connectivity index (χ1v) is 7.23. The monoisotopic (exact) mass is 329 g/mol. The molecular weight excluding hydrogens is 311 g/mol. The van der Waals surface area contributed by atoms with Crippen molar-refractivity contribution in [1.82, 2.24) is 15.0 Å². The van der Waals surface area contributed by atoms with E-state index in [0.29, 0.717) is 6.42 Å². The molecule has 2 rings (SSSR count). The lowest BCUT2D eigenvalue weighted by Crippen LogP contribution is -2.25. The van der Waals surface area contributed by atoms with Gasteiger partial charge in [0.2, 0.25) is 5.95 Å². The van der Waals surface area contributed by atoms with Gasteiger partial charge in [-0.05, 0) is 12.5 Å². The van der Waals surface area contributed by atoms with Crippen molar-refractivity contribution < 1.29 is 18.3 Å². The number of aliphatic hydroxyl groups excluding tert-OH is 1. The number of halogens is 3. The molecule has 2 aromatic heterocycles. The first-order valence-electron chi connectivity index (χ1n) is 7.23. The maximum absolute atomic E-state index is 12.8. The summed E-state index contributed by atoms with van der Waals surface area (Å²) in [5, 5.41) is 12.4. The molecule has 0 unspecified atom stereocenters. The fourth-order valence-electron chi connectivity index (χ4n) is 2.15. The average molecular weight is 329 g/mol. The summed E-state index contributed by atoms with van der Waals surface area (Å²) in [4.78, 5) is 11.6. The Labute approximate surface area is 131 Å². The van der Waals surface area contributed by atoms with Crippen molar-refractivity contribution in [2.45, 2.75) is 38.4 Å². The molecule has 0 radical (unpaired) electrons. The zero-order chi connectivity index (χ0) is 17.0. The van der Waals surface area contributed by atoms with Crippen LogP contribution in [-0.2, 0) is 6.18 Å². The summed E-state index contributed by atoms with van der Waals surface area (Å²) >= 11 is 0. The number of nitrogens with two attached hydrogens (primary N) is 1. The van der Waals surface area contributed by atoms with Crippen molar-refractivity contribution in [3.05, 3.63) is 17.8 Å². The van der Waals surface area contributed by atoms with E-state index in [4.69, 9.17) is 5.73 Å². The molecule has 0 bridgehead atoms. The molecule has 2 aromatic rings. The van der Waals surface area contributed by atoms with Gasteiger partial charge >= 0.3 is 6.18 Å². The Hall–Kier alpha value is -2.16. The van der Waals surface area contributed by atoms with Gasteiger partial charge in [0, 0.05) is 6.20 Å². The van der Waals surface area contributed by atoms with Crippen LogP contribution in [0.5, 0.6) is 0 Å². The molecule has 6 nitrogen and oxygen atoms in total. The second kappa shape index (κ2) is 6.95. The Bertz CT molecular complexity index is 677. The van der Waals surface area contributed by atoms with E-state index in [9.17, 15) is 18.3 Å². The Morgan fingerprint density at radius 1 is 1.35 bits per heavy atom. The fourth-order valence-corrected chi connectivity index (χ4v) is 2.15. The standard InChI is InChI=1S/C14H18F3N5O/c1-2-3-4-9(7-23)20-12-11-10(21-13(18)22-12)5-8(6-19-11)14(15,16)17/h5-6,9,23H,2-4,7H2,1H3,(H3,18,20,21,22)/t9-/m0/s1. The van der Waals surface area contributed by atoms with Crippen LogP contribution in [-0.4, -0.2) is 32.7 Å². The molecular formula is C14H18F3N5O. The molecule has 0 aliphatic heterocycles. The van der Waals surface area contributed by atoms with Crippen molar-refractivity contribution in [2.75, 3.05) is 17.7 Å². The van der Waals surface area contributed by atoms with Gasteiger partial charge in [-0.1, -0.05) is 19.8 Å². The number of hydrogen-bond acceptors (Lipinski definition) is 6. The highest BCUT2D eigenvalue weighted by atomic mass is 19.4. The maximum atomic E-state index is 12.8. The summed E-state index contributed by atoms with van der Waals surface area (Å²) in [6.07, 6.45) is -1.24. The van der Waals surface area contributed by atoms with E-state index in [1.54, 1.807) is 0 Å². The van der Waals surface area contributed by atoms with Gasteiger partial charge in [-0.3, -0.25) is 4.98 Å². The van der Waals surface area contributed by atoms with Crippen molar-refractivity contribution in [3.8, 4) is 0 Å². The summed E-state index contributed by atoms with van der Waals surface area (Å²) in [6.45, 7) is 1.89. The third-order valence-electron chi connectivity index (χ3n) is 3.35. The molecule has 0 amide bonds. The van der Waals surface area contributed by atoms with Crippen LogP contribution in [0.2, 0.25) is 0 Å². The molecule has 23 heavy (non-hydrogen) atoms. The third kappa shape index (κ3) is 4.19. The Morgan fingerprint density at radius 2 is 2.09 bits per heavy atom. The summed E-state index contributed by atoms with van der Waals surface area (Å²) < 4.78 is 38.3. The van der Waals surface area contributed by atoms with Crippen LogP contribution in [0.4, 0.5) is 24.9 Å². The van der Waals surface area contributed by atoms with Gasteiger partial charge in [0.1, 0.15) is 5.52 Å². The Balaban J connectivity index is 2.40. The number of anilines is 2. The lowest BCUT2D eigenvalue weighted by atomic mass is 10.1. The second-order valence-corrected chi connectivity index (χ2v) is 5.19. The van der Waals surface area contributed by atoms with Gasteiger partial charge in [0.25, 0.3) is 0 Å². The van der Waals surface area contributed by atoms with E-state index in [-0.39, 0.29) is 35.4 Å². The number of pyridine rings is 1. The van der Waals surface area contributed by atoms with E-state index in [2.05, 4.69) is 20.3 Å². The number of fused-ring (bicyclic) bond motifs is 1. The lowest BCUT2D eigenvalue weighted by molar-refractivity contribution is -0.137. The lowest BCUT2D eigenvalue weighted by Gasteiger charge is -2.17. The maximum Gasteiger partial charge on any atom is 0.417 e. The number of nitrogens with zero attached hydrogens (tertiary/aromatic N) is 3. The molecule has 0 saturated carbocycles. The van der Waals surface area contributed by atoms with Gasteiger partial charge in [0.05, 0.1) is 23.7 Å². The van der Waals surface area contributed by atoms with Crippen LogP contribution >= 0.6 is 0 Å². The van der Waals surface area contributed by atoms with Crippen molar-refractivity contribution >= 4 is 22.8 Å². The van der Waals surface area contributed by atoms with Gasteiger partial charge in [-0.2, -0.15) is 18.2 Å². The van der Waals surface area contributed by atoms with Crippen molar-refractivity contribution in [3.63, 3.8) is 0 Å². The van der Waals surface area contributed by atoms with Crippen LogP contribution in [0.3, 0.4) is 0 Å². The van der Waals surface area contributed by atoms with E-state index in [1.165, 1.54) is 0 Å². The predicted octanol–water partition coefficient (Wildman–Crippen LogP) is 2.59. The van der Waals surface area contributed by atoms with Crippen LogP contribution in [0.1, 0.15) is 31.7 Å². The number of aliphatic hydroxyl groups is 1. The minimum absolute atomic E-state index is 0.00186. The number of hydrogen-bond donors (Lipinski definition) is 3. The topological polar surface area (TPSA) is 97.0 Å². The number of alkyl halides is 3. The predicted molar refractivity (Wildman–Crippen MR) is 80.8 cm³/mol. The number of unbranched alkanes of at least 4 members (excludes halogenated alkanes) is 1. The number of nitrogens with one attached hydrogen (secondary N) is 1. The van der Waals surface area contributed by atoms with E-state index >= 15 is 0 Å². The first kappa shape index (κ1) is 17.2. The second-order valence-electron chi connectivity index (χ2n) is 5.19. The highest BCUT2D eigenvalue weighted by Crippen LogP contribution is 2.31. The molecule has 4 N–H and O–H groups in total. The molecule has 0 aliphatic rings. The van der Waals surface area contributed by atoms with Crippen LogP contribution in [0, 0.1) is 0 Å². The zero-order valence-electron chi connectivity index (χ0n) is 12.6. The quantitative estimate of drug-likeness (QED) is 0.754. The van der Waals surface area contributed by atoms with Gasteiger partial charge in [0.15, 0.2) is 5.82 Å². The molecule has 126 valence electrons. The molecule has 0 spiro atoms. The van der Waals surface area contributed by atoms with Gasteiger partial charge in [-0.15, -0.1) is 0 Å². The van der Waals surface area contributed by atoms with Crippen LogP contribution < -0.4 is 11.1 Å². The summed E-state index contributed by atoms with van der Waals surface area (Å²) in [7, 11) is 0. The molecule has 0 fully saturated rings. The number of nitrogen functional groups attached to an aromatic ring is 1. The van der Waals surface area contributed by atoms with E-state index in [0.717, 1.165) is 25.1 Å². The summed E-state index contributed by atoms with van der Waals surface area (Å²) in [5.41, 5.74) is 4.85. The van der Waals surface area contributed by atoms with Crippen LogP contribution in [0.15, 0.2) is 12.3 Å². The first-order chi connectivity index (χ1) is 10.8. The summed E-state index contributed by atoms with van der Waals surface area (Å²) in [5.74, 6) is 0.0599. The van der Waals surface area contributed by atoms with Crippen LogP contribution in [0.25, 0.3) is 11.0 Å². The molecule has 0 aromatic carbocycles. The summed E-state index contributed by atoms with van der Waals surface area (Å²) in [6, 6.07) is 0.600. The SMILES string of the molecule is CCCC[C@@H](CO)Nc1nc(N)nc2cc(C(F)(F)F)cnc12. The zero-order valence-corrected chi connectivity index (χ0v) is 12.6. The highest BCUT2D eigenvalue weighted by Gasteiger charge is 2.31. The number of rotatable bonds is 6. The van der Waals surface area contributed by atoms with Crippen molar-refractivity contribution in [2.24, 2.45) is 0 Å². The molecule has 0 saturated heterocycles. The smallest absolute Gasteiger partial charge is 0.394 e. The van der Waals surface area contributed by atoms with Gasteiger partial charge in [-0.25, -0.2) is 4.98 Å². The van der Waals surface area contributed by atoms with Gasteiger partial charge < -0.3 is 16.2 Å². The normalized spacial score (nSPS) is 13.3. The number of aromatic nitrogens is 3. The van der Waals surface area contributed by atoms with Crippen molar-refractivity contribution in [1.29, 1.82) is 0 Å². The molecule has 0 aliphatic carbocycles.